The highest BCUT2D eigenvalue weighted by Crippen LogP contribution is 2.18. The molecule has 0 aliphatic carbocycles. The van der Waals surface area contributed by atoms with Crippen LogP contribution in [0.3, 0.4) is 0 Å². The molecule has 1 amide bonds. The van der Waals surface area contributed by atoms with Gasteiger partial charge in [0.25, 0.3) is 0 Å². The summed E-state index contributed by atoms with van der Waals surface area (Å²) in [6, 6.07) is 4.27. The zero-order chi connectivity index (χ0) is 14.4. The van der Waals surface area contributed by atoms with Crippen molar-refractivity contribution in [1.82, 2.24) is 0 Å². The molecule has 1 aromatic carbocycles. The molecule has 1 atom stereocenters. The van der Waals surface area contributed by atoms with E-state index in [0.29, 0.717) is 11.3 Å². The van der Waals surface area contributed by atoms with E-state index in [4.69, 9.17) is 10.5 Å². The summed E-state index contributed by atoms with van der Waals surface area (Å²) in [6.07, 6.45) is 0. The lowest BCUT2D eigenvalue weighted by Crippen LogP contribution is -2.39. The third kappa shape index (κ3) is 4.04. The fourth-order valence-corrected chi connectivity index (χ4v) is 1.53. The normalized spacial score (nSPS) is 11.8. The Morgan fingerprint density at radius 3 is 2.63 bits per heavy atom. The summed E-state index contributed by atoms with van der Waals surface area (Å²) < 4.78 is 9.48. The molecule has 104 valence electrons. The Kier molecular flexibility index (Phi) is 5.47. The highest BCUT2D eigenvalue weighted by atomic mass is 16.5. The Labute approximate surface area is 111 Å². The molecule has 0 aromatic heterocycles. The Morgan fingerprint density at radius 2 is 2.05 bits per heavy atom. The molecular weight excluding hydrogens is 248 g/mol. The van der Waals surface area contributed by atoms with Crippen LogP contribution in [0.25, 0.3) is 0 Å². The van der Waals surface area contributed by atoms with Crippen LogP contribution in [0, 0.1) is 6.92 Å². The quantitative estimate of drug-likeness (QED) is 0.765. The molecule has 6 heteroatoms. The van der Waals surface area contributed by atoms with Crippen molar-refractivity contribution in [2.45, 2.75) is 13.0 Å². The Balaban J connectivity index is 2.94. The number of carbonyl (C=O) groups excluding carboxylic acids is 2. The van der Waals surface area contributed by atoms with Gasteiger partial charge in [-0.2, -0.15) is 0 Å². The van der Waals surface area contributed by atoms with Crippen LogP contribution in [0.1, 0.15) is 15.9 Å². The van der Waals surface area contributed by atoms with E-state index >= 15 is 0 Å². The fraction of sp³-hybridized carbons (Fsp3) is 0.385. The second-order valence-corrected chi connectivity index (χ2v) is 4.09. The summed E-state index contributed by atoms with van der Waals surface area (Å²) >= 11 is 0. The van der Waals surface area contributed by atoms with Gasteiger partial charge in [0.15, 0.2) is 0 Å². The van der Waals surface area contributed by atoms with Crippen LogP contribution in [-0.2, 0) is 14.3 Å². The largest absolute Gasteiger partial charge is 0.465 e. The smallest absolute Gasteiger partial charge is 0.339 e. The molecule has 1 unspecified atom stereocenters. The molecular formula is C13H18N2O4. The molecule has 0 heterocycles. The summed E-state index contributed by atoms with van der Waals surface area (Å²) in [4.78, 5) is 23.4. The zero-order valence-electron chi connectivity index (χ0n) is 11.2. The Hall–Kier alpha value is -1.92. The van der Waals surface area contributed by atoms with E-state index in [2.05, 4.69) is 10.1 Å². The topological polar surface area (TPSA) is 90.6 Å². The van der Waals surface area contributed by atoms with Gasteiger partial charge in [0.05, 0.1) is 25.0 Å². The molecule has 0 saturated carbocycles. The average Bonchev–Trinajstić information content (AvgIpc) is 2.40. The Bertz CT molecular complexity index is 474. The maximum absolute atomic E-state index is 11.8. The summed E-state index contributed by atoms with van der Waals surface area (Å²) in [5.41, 5.74) is 7.16. The first kappa shape index (κ1) is 15.1. The lowest BCUT2D eigenvalue weighted by atomic mass is 10.1. The number of hydrogen-bond acceptors (Lipinski definition) is 5. The highest BCUT2D eigenvalue weighted by Gasteiger charge is 2.18. The minimum Gasteiger partial charge on any atom is -0.465 e. The van der Waals surface area contributed by atoms with E-state index in [1.807, 2.05) is 6.92 Å². The van der Waals surface area contributed by atoms with Crippen LogP contribution in [0.5, 0.6) is 0 Å². The third-order valence-corrected chi connectivity index (χ3v) is 2.52. The van der Waals surface area contributed by atoms with Gasteiger partial charge in [0.1, 0.15) is 6.04 Å². The average molecular weight is 266 g/mol. The van der Waals surface area contributed by atoms with E-state index in [0.717, 1.165) is 5.56 Å². The molecule has 1 aromatic rings. The molecule has 3 N–H and O–H groups in total. The van der Waals surface area contributed by atoms with Crippen molar-refractivity contribution in [3.05, 3.63) is 29.3 Å². The van der Waals surface area contributed by atoms with Gasteiger partial charge in [0.2, 0.25) is 5.91 Å². The number of hydrogen-bond donors (Lipinski definition) is 2. The van der Waals surface area contributed by atoms with Crippen molar-refractivity contribution < 1.29 is 19.1 Å². The molecule has 0 aliphatic rings. The van der Waals surface area contributed by atoms with Gasteiger partial charge < -0.3 is 20.5 Å². The molecule has 0 saturated heterocycles. The Morgan fingerprint density at radius 1 is 1.37 bits per heavy atom. The molecule has 1 rings (SSSR count). The van der Waals surface area contributed by atoms with Crippen molar-refractivity contribution in [3.8, 4) is 0 Å². The number of nitrogens with one attached hydrogen (secondary N) is 1. The van der Waals surface area contributed by atoms with Crippen LogP contribution < -0.4 is 11.1 Å². The van der Waals surface area contributed by atoms with Gasteiger partial charge >= 0.3 is 5.97 Å². The van der Waals surface area contributed by atoms with Gasteiger partial charge in [-0.1, -0.05) is 11.6 Å². The number of benzene rings is 1. The molecule has 0 radical (unpaired) electrons. The number of nitrogens with two attached hydrogens (primary N) is 1. The molecule has 0 bridgehead atoms. The van der Waals surface area contributed by atoms with Gasteiger partial charge in [-0.25, -0.2) is 4.79 Å². The number of esters is 1. The number of rotatable bonds is 5. The van der Waals surface area contributed by atoms with Gasteiger partial charge in [-0.15, -0.1) is 0 Å². The molecule has 0 fully saturated rings. The van der Waals surface area contributed by atoms with E-state index < -0.39 is 17.9 Å². The van der Waals surface area contributed by atoms with E-state index in [9.17, 15) is 9.59 Å². The van der Waals surface area contributed by atoms with Crippen molar-refractivity contribution in [3.63, 3.8) is 0 Å². The van der Waals surface area contributed by atoms with Gasteiger partial charge in [-0.3, -0.25) is 4.79 Å². The molecule has 0 spiro atoms. The number of amides is 1. The maximum Gasteiger partial charge on any atom is 0.339 e. The summed E-state index contributed by atoms with van der Waals surface area (Å²) in [6.45, 7) is 1.94. The predicted molar refractivity (Wildman–Crippen MR) is 71.0 cm³/mol. The summed E-state index contributed by atoms with van der Waals surface area (Å²) in [5, 5.41) is 2.59. The second kappa shape index (κ2) is 6.86. The van der Waals surface area contributed by atoms with Crippen LogP contribution in [0.15, 0.2) is 18.2 Å². The second-order valence-electron chi connectivity index (χ2n) is 4.09. The molecule has 19 heavy (non-hydrogen) atoms. The number of anilines is 1. The number of aryl methyl sites for hydroxylation is 1. The first-order valence-electron chi connectivity index (χ1n) is 5.74. The lowest BCUT2D eigenvalue weighted by molar-refractivity contribution is -0.118. The minimum absolute atomic E-state index is 0.102. The summed E-state index contributed by atoms with van der Waals surface area (Å²) in [5.74, 6) is -0.935. The minimum atomic E-state index is -0.795. The van der Waals surface area contributed by atoms with Gasteiger partial charge in [-0.05, 0) is 19.1 Å². The molecule has 6 nitrogen and oxygen atoms in total. The van der Waals surface area contributed by atoms with E-state index in [-0.39, 0.29) is 6.61 Å². The monoisotopic (exact) mass is 266 g/mol. The first-order valence-corrected chi connectivity index (χ1v) is 5.74. The van der Waals surface area contributed by atoms with Crippen molar-refractivity contribution >= 4 is 17.6 Å². The number of ether oxygens (including phenoxy) is 2. The number of carbonyl (C=O) groups is 2. The van der Waals surface area contributed by atoms with Crippen LogP contribution >= 0.6 is 0 Å². The van der Waals surface area contributed by atoms with Crippen LogP contribution in [0.4, 0.5) is 5.69 Å². The third-order valence-electron chi connectivity index (χ3n) is 2.52. The summed E-state index contributed by atoms with van der Waals surface area (Å²) in [7, 11) is 2.74. The van der Waals surface area contributed by atoms with Crippen molar-refractivity contribution in [2.75, 3.05) is 26.1 Å². The fourth-order valence-electron chi connectivity index (χ4n) is 1.53. The zero-order valence-corrected chi connectivity index (χ0v) is 11.2. The van der Waals surface area contributed by atoms with Crippen molar-refractivity contribution in [2.24, 2.45) is 5.73 Å². The maximum atomic E-state index is 11.8. The highest BCUT2D eigenvalue weighted by molar-refractivity contribution is 6.02. The number of methoxy groups -OCH3 is 2. The van der Waals surface area contributed by atoms with Crippen LogP contribution in [-0.4, -0.2) is 38.7 Å². The SMILES string of the molecule is COCC(N)C(=O)Nc1ccc(C)cc1C(=O)OC. The predicted octanol–water partition coefficient (Wildman–Crippen LogP) is 0.694. The lowest BCUT2D eigenvalue weighted by Gasteiger charge is -2.14. The first-order chi connectivity index (χ1) is 8.99. The van der Waals surface area contributed by atoms with Crippen molar-refractivity contribution in [1.29, 1.82) is 0 Å². The van der Waals surface area contributed by atoms with E-state index in [1.165, 1.54) is 14.2 Å². The van der Waals surface area contributed by atoms with Gasteiger partial charge in [0, 0.05) is 7.11 Å². The standard InChI is InChI=1S/C13H18N2O4/c1-8-4-5-11(9(6-8)13(17)19-3)15-12(16)10(14)7-18-2/h4-6,10H,7,14H2,1-3H3,(H,15,16). The van der Waals surface area contributed by atoms with E-state index in [1.54, 1.807) is 18.2 Å². The van der Waals surface area contributed by atoms with Crippen LogP contribution in [0.2, 0.25) is 0 Å². The molecule has 0 aliphatic heterocycles.